The van der Waals surface area contributed by atoms with Gasteiger partial charge < -0.3 is 15.2 Å². The SMILES string of the molecule is CCOc1cc([C@@H](N)CC2CC2)ccc1OCc1ccccc1. The van der Waals surface area contributed by atoms with Crippen molar-refractivity contribution in [3.63, 3.8) is 0 Å². The molecule has 2 aromatic rings. The number of hydrogen-bond donors (Lipinski definition) is 1. The fourth-order valence-electron chi connectivity index (χ4n) is 2.73. The van der Waals surface area contributed by atoms with Crippen molar-refractivity contribution in [2.24, 2.45) is 11.7 Å². The monoisotopic (exact) mass is 311 g/mol. The van der Waals surface area contributed by atoms with Crippen molar-refractivity contribution in [2.75, 3.05) is 6.61 Å². The van der Waals surface area contributed by atoms with Crippen LogP contribution in [0.1, 0.15) is 43.4 Å². The molecule has 2 aromatic carbocycles. The topological polar surface area (TPSA) is 44.5 Å². The Bertz CT molecular complexity index is 623. The van der Waals surface area contributed by atoms with Crippen LogP contribution < -0.4 is 15.2 Å². The Kier molecular flexibility index (Phi) is 5.19. The molecule has 0 aliphatic heterocycles. The van der Waals surface area contributed by atoms with E-state index < -0.39 is 0 Å². The van der Waals surface area contributed by atoms with E-state index in [9.17, 15) is 0 Å². The van der Waals surface area contributed by atoms with Crippen molar-refractivity contribution in [1.29, 1.82) is 0 Å². The molecule has 1 saturated carbocycles. The van der Waals surface area contributed by atoms with E-state index in [-0.39, 0.29) is 6.04 Å². The Balaban J connectivity index is 1.70. The van der Waals surface area contributed by atoms with E-state index in [1.165, 1.54) is 12.8 Å². The van der Waals surface area contributed by atoms with E-state index in [1.54, 1.807) is 0 Å². The number of benzene rings is 2. The maximum atomic E-state index is 6.32. The minimum absolute atomic E-state index is 0.0879. The van der Waals surface area contributed by atoms with Crippen LogP contribution in [0.4, 0.5) is 0 Å². The van der Waals surface area contributed by atoms with Gasteiger partial charge in [-0.05, 0) is 42.5 Å². The van der Waals surface area contributed by atoms with Gasteiger partial charge >= 0.3 is 0 Å². The van der Waals surface area contributed by atoms with Gasteiger partial charge in [-0.15, -0.1) is 0 Å². The lowest BCUT2D eigenvalue weighted by molar-refractivity contribution is 0.269. The summed E-state index contributed by atoms with van der Waals surface area (Å²) in [5.41, 5.74) is 8.59. The quantitative estimate of drug-likeness (QED) is 0.782. The molecule has 1 atom stereocenters. The molecule has 2 N–H and O–H groups in total. The van der Waals surface area contributed by atoms with Gasteiger partial charge in [0.15, 0.2) is 11.5 Å². The van der Waals surface area contributed by atoms with E-state index in [0.29, 0.717) is 13.2 Å². The van der Waals surface area contributed by atoms with E-state index >= 15 is 0 Å². The molecule has 3 nitrogen and oxygen atoms in total. The van der Waals surface area contributed by atoms with E-state index in [1.807, 2.05) is 37.3 Å². The first kappa shape index (κ1) is 15.9. The molecule has 1 aliphatic carbocycles. The third kappa shape index (κ3) is 4.49. The molecule has 0 heterocycles. The van der Waals surface area contributed by atoms with Gasteiger partial charge in [-0.25, -0.2) is 0 Å². The number of ether oxygens (including phenoxy) is 2. The molecule has 0 radical (unpaired) electrons. The van der Waals surface area contributed by atoms with Crippen molar-refractivity contribution < 1.29 is 9.47 Å². The zero-order valence-corrected chi connectivity index (χ0v) is 13.7. The fraction of sp³-hybridized carbons (Fsp3) is 0.400. The maximum Gasteiger partial charge on any atom is 0.161 e. The van der Waals surface area contributed by atoms with Gasteiger partial charge in [0.2, 0.25) is 0 Å². The van der Waals surface area contributed by atoms with Crippen molar-refractivity contribution in [1.82, 2.24) is 0 Å². The van der Waals surface area contributed by atoms with Gasteiger partial charge in [0.05, 0.1) is 6.61 Å². The molecule has 0 bridgehead atoms. The van der Waals surface area contributed by atoms with Crippen molar-refractivity contribution in [3.05, 3.63) is 59.7 Å². The second kappa shape index (κ2) is 7.51. The van der Waals surface area contributed by atoms with Crippen LogP contribution in [0.5, 0.6) is 11.5 Å². The van der Waals surface area contributed by atoms with Crippen LogP contribution in [-0.4, -0.2) is 6.61 Å². The molecule has 122 valence electrons. The predicted molar refractivity (Wildman–Crippen MR) is 92.7 cm³/mol. The van der Waals surface area contributed by atoms with Gasteiger partial charge in [-0.2, -0.15) is 0 Å². The summed E-state index contributed by atoms with van der Waals surface area (Å²) in [5, 5.41) is 0. The Morgan fingerprint density at radius 3 is 2.52 bits per heavy atom. The molecular formula is C20H25NO2. The second-order valence-corrected chi connectivity index (χ2v) is 6.20. The molecule has 0 amide bonds. The van der Waals surface area contributed by atoms with Crippen LogP contribution in [0.2, 0.25) is 0 Å². The van der Waals surface area contributed by atoms with E-state index in [4.69, 9.17) is 15.2 Å². The molecule has 1 fully saturated rings. The molecular weight excluding hydrogens is 286 g/mol. The Morgan fingerprint density at radius 1 is 1.04 bits per heavy atom. The van der Waals surface area contributed by atoms with Gasteiger partial charge in [-0.1, -0.05) is 49.2 Å². The fourth-order valence-corrected chi connectivity index (χ4v) is 2.73. The first-order valence-corrected chi connectivity index (χ1v) is 8.45. The van der Waals surface area contributed by atoms with Gasteiger partial charge in [0, 0.05) is 6.04 Å². The van der Waals surface area contributed by atoms with Crippen LogP contribution in [0.25, 0.3) is 0 Å². The third-order valence-corrected chi connectivity index (χ3v) is 4.22. The summed E-state index contributed by atoms with van der Waals surface area (Å²) >= 11 is 0. The lowest BCUT2D eigenvalue weighted by Crippen LogP contribution is -2.11. The molecule has 3 rings (SSSR count). The largest absolute Gasteiger partial charge is 0.490 e. The third-order valence-electron chi connectivity index (χ3n) is 4.22. The number of nitrogens with two attached hydrogens (primary N) is 1. The van der Waals surface area contributed by atoms with Crippen LogP contribution in [-0.2, 0) is 6.61 Å². The summed E-state index contributed by atoms with van der Waals surface area (Å²) in [4.78, 5) is 0. The minimum Gasteiger partial charge on any atom is -0.490 e. The maximum absolute atomic E-state index is 6.32. The highest BCUT2D eigenvalue weighted by molar-refractivity contribution is 5.44. The number of rotatable bonds is 8. The average molecular weight is 311 g/mol. The standard InChI is InChI=1S/C20H25NO2/c1-2-22-20-13-17(18(21)12-15-8-9-15)10-11-19(20)23-14-16-6-4-3-5-7-16/h3-7,10-11,13,15,18H,2,8-9,12,14,21H2,1H3/t18-/m0/s1. The lowest BCUT2D eigenvalue weighted by Gasteiger charge is -2.16. The van der Waals surface area contributed by atoms with E-state index in [0.717, 1.165) is 35.0 Å². The molecule has 0 saturated heterocycles. The van der Waals surface area contributed by atoms with Gasteiger partial charge in [0.25, 0.3) is 0 Å². The van der Waals surface area contributed by atoms with Crippen LogP contribution in [0, 0.1) is 5.92 Å². The molecule has 0 aromatic heterocycles. The predicted octanol–water partition coefficient (Wildman–Crippen LogP) is 4.46. The Hall–Kier alpha value is -2.00. The highest BCUT2D eigenvalue weighted by Gasteiger charge is 2.25. The minimum atomic E-state index is 0.0879. The molecule has 0 unspecified atom stereocenters. The summed E-state index contributed by atoms with van der Waals surface area (Å²) in [6.45, 7) is 3.13. The zero-order chi connectivity index (χ0) is 16.1. The van der Waals surface area contributed by atoms with Gasteiger partial charge in [-0.3, -0.25) is 0 Å². The zero-order valence-electron chi connectivity index (χ0n) is 13.7. The highest BCUT2D eigenvalue weighted by Crippen LogP contribution is 2.38. The van der Waals surface area contributed by atoms with E-state index in [2.05, 4.69) is 18.2 Å². The molecule has 1 aliphatic rings. The summed E-state index contributed by atoms with van der Waals surface area (Å²) in [6.07, 6.45) is 3.71. The lowest BCUT2D eigenvalue weighted by atomic mass is 10.0. The normalized spacial score (nSPS) is 15.2. The van der Waals surface area contributed by atoms with Crippen LogP contribution >= 0.6 is 0 Å². The van der Waals surface area contributed by atoms with Crippen LogP contribution in [0.3, 0.4) is 0 Å². The Labute approximate surface area is 138 Å². The number of hydrogen-bond acceptors (Lipinski definition) is 3. The smallest absolute Gasteiger partial charge is 0.161 e. The molecule has 23 heavy (non-hydrogen) atoms. The van der Waals surface area contributed by atoms with Gasteiger partial charge in [0.1, 0.15) is 6.61 Å². The second-order valence-electron chi connectivity index (χ2n) is 6.20. The van der Waals surface area contributed by atoms with Crippen LogP contribution in [0.15, 0.2) is 48.5 Å². The first-order chi connectivity index (χ1) is 11.3. The van der Waals surface area contributed by atoms with Crippen molar-refractivity contribution in [2.45, 2.75) is 38.8 Å². The summed E-state index contributed by atoms with van der Waals surface area (Å²) in [5.74, 6) is 2.37. The van der Waals surface area contributed by atoms with Crippen molar-refractivity contribution in [3.8, 4) is 11.5 Å². The summed E-state index contributed by atoms with van der Waals surface area (Å²) < 4.78 is 11.7. The molecule has 3 heteroatoms. The average Bonchev–Trinajstić information content (AvgIpc) is 3.39. The molecule has 0 spiro atoms. The Morgan fingerprint density at radius 2 is 1.83 bits per heavy atom. The van der Waals surface area contributed by atoms with Crippen molar-refractivity contribution >= 4 is 0 Å². The summed E-state index contributed by atoms with van der Waals surface area (Å²) in [7, 11) is 0. The first-order valence-electron chi connectivity index (χ1n) is 8.45. The summed E-state index contributed by atoms with van der Waals surface area (Å²) in [6, 6.07) is 16.3. The highest BCUT2D eigenvalue weighted by atomic mass is 16.5.